The fourth-order valence-corrected chi connectivity index (χ4v) is 3.60. The van der Waals surface area contributed by atoms with Crippen LogP contribution in [0, 0.1) is 0 Å². The Morgan fingerprint density at radius 2 is 1.90 bits per heavy atom. The monoisotopic (exact) mass is 336 g/mol. The van der Waals surface area contributed by atoms with Crippen LogP contribution in [0.1, 0.15) is 26.2 Å². The van der Waals surface area contributed by atoms with Gasteiger partial charge in [0.1, 0.15) is 12.1 Å². The lowest BCUT2D eigenvalue weighted by molar-refractivity contribution is -0.147. The van der Waals surface area contributed by atoms with Crippen molar-refractivity contribution in [2.45, 2.75) is 38.3 Å². The molecule has 5 heteroatoms. The molecule has 2 amide bonds. The number of hydrogen-bond acceptors (Lipinski definition) is 2. The van der Waals surface area contributed by atoms with E-state index in [-0.39, 0.29) is 17.9 Å². The highest BCUT2D eigenvalue weighted by molar-refractivity contribution is 9.10. The molecule has 2 aliphatic rings. The summed E-state index contributed by atoms with van der Waals surface area (Å²) in [6, 6.07) is 6.85. The molecule has 0 aromatic heterocycles. The first kappa shape index (κ1) is 13.6. The predicted molar refractivity (Wildman–Crippen MR) is 80.4 cm³/mol. The minimum absolute atomic E-state index is 0.0451. The molecule has 2 heterocycles. The molecule has 0 N–H and O–H groups in total. The van der Waals surface area contributed by atoms with Crippen molar-refractivity contribution in [1.82, 2.24) is 4.90 Å². The van der Waals surface area contributed by atoms with Crippen molar-refractivity contribution in [3.8, 4) is 0 Å². The third-order valence-electron chi connectivity index (χ3n) is 4.17. The van der Waals surface area contributed by atoms with Crippen molar-refractivity contribution >= 4 is 33.4 Å². The van der Waals surface area contributed by atoms with Crippen LogP contribution in [0.15, 0.2) is 28.7 Å². The molecule has 0 saturated carbocycles. The Hall–Kier alpha value is -1.36. The summed E-state index contributed by atoms with van der Waals surface area (Å²) in [6.07, 6.45) is 2.79. The highest BCUT2D eigenvalue weighted by Crippen LogP contribution is 2.33. The first-order chi connectivity index (χ1) is 9.61. The van der Waals surface area contributed by atoms with Crippen LogP contribution in [0.2, 0.25) is 0 Å². The average molecular weight is 337 g/mol. The molecular formula is C15H17BrN2O2. The standard InChI is InChI=1S/C15H17BrN2O2/c1-10-14(19)17-9-5-4-8-13(17)15(20)18(10)12-7-3-2-6-11(12)16/h2-3,6-7,10,13H,4-5,8-9H2,1H3. The van der Waals surface area contributed by atoms with E-state index in [4.69, 9.17) is 0 Å². The van der Waals surface area contributed by atoms with Crippen molar-refractivity contribution < 1.29 is 9.59 Å². The van der Waals surface area contributed by atoms with Crippen molar-refractivity contribution in [2.75, 3.05) is 11.4 Å². The molecular weight excluding hydrogens is 320 g/mol. The van der Waals surface area contributed by atoms with Gasteiger partial charge in [0.2, 0.25) is 5.91 Å². The van der Waals surface area contributed by atoms with E-state index in [9.17, 15) is 9.59 Å². The zero-order valence-electron chi connectivity index (χ0n) is 11.4. The Bertz CT molecular complexity index is 561. The summed E-state index contributed by atoms with van der Waals surface area (Å²) in [4.78, 5) is 28.7. The van der Waals surface area contributed by atoms with Gasteiger partial charge in [-0.05, 0) is 54.2 Å². The number of benzene rings is 1. The first-order valence-electron chi connectivity index (χ1n) is 6.99. The number of piperazine rings is 1. The van der Waals surface area contributed by atoms with Crippen LogP contribution in [-0.4, -0.2) is 35.3 Å². The molecule has 0 aliphatic carbocycles. The van der Waals surface area contributed by atoms with Gasteiger partial charge >= 0.3 is 0 Å². The smallest absolute Gasteiger partial charge is 0.250 e. The fourth-order valence-electron chi connectivity index (χ4n) is 3.13. The van der Waals surface area contributed by atoms with Crippen molar-refractivity contribution in [1.29, 1.82) is 0 Å². The lowest BCUT2D eigenvalue weighted by Crippen LogP contribution is -2.65. The van der Waals surface area contributed by atoms with Crippen molar-refractivity contribution in [2.24, 2.45) is 0 Å². The number of nitrogens with zero attached hydrogens (tertiary/aromatic N) is 2. The summed E-state index contributed by atoms with van der Waals surface area (Å²) >= 11 is 3.48. The number of carbonyl (C=O) groups is 2. The largest absolute Gasteiger partial charge is 0.329 e. The molecule has 2 saturated heterocycles. The summed E-state index contributed by atoms with van der Waals surface area (Å²) in [7, 11) is 0. The summed E-state index contributed by atoms with van der Waals surface area (Å²) < 4.78 is 0.845. The second-order valence-electron chi connectivity index (χ2n) is 5.38. The Balaban J connectivity index is 2.01. The minimum atomic E-state index is -0.435. The maximum absolute atomic E-state index is 12.8. The van der Waals surface area contributed by atoms with Crippen LogP contribution in [0.3, 0.4) is 0 Å². The van der Waals surface area contributed by atoms with Gasteiger partial charge in [-0.15, -0.1) is 0 Å². The molecule has 20 heavy (non-hydrogen) atoms. The summed E-state index contributed by atoms with van der Waals surface area (Å²) in [5.41, 5.74) is 0.781. The summed E-state index contributed by atoms with van der Waals surface area (Å²) in [6.45, 7) is 2.52. The minimum Gasteiger partial charge on any atom is -0.329 e. The molecule has 2 aliphatic heterocycles. The molecule has 4 nitrogen and oxygen atoms in total. The van der Waals surface area contributed by atoms with Crippen LogP contribution >= 0.6 is 15.9 Å². The van der Waals surface area contributed by atoms with E-state index in [1.165, 1.54) is 0 Å². The van der Waals surface area contributed by atoms with Crippen LogP contribution < -0.4 is 4.90 Å². The average Bonchev–Trinajstić information content (AvgIpc) is 2.47. The Morgan fingerprint density at radius 1 is 1.15 bits per heavy atom. The van der Waals surface area contributed by atoms with E-state index in [1.54, 1.807) is 9.80 Å². The number of carbonyl (C=O) groups excluding carboxylic acids is 2. The SMILES string of the molecule is CC1C(=O)N2CCCCC2C(=O)N1c1ccccc1Br. The van der Waals surface area contributed by atoms with E-state index in [1.807, 2.05) is 31.2 Å². The van der Waals surface area contributed by atoms with E-state index in [0.717, 1.165) is 29.4 Å². The topological polar surface area (TPSA) is 40.6 Å². The van der Waals surface area contributed by atoms with Crippen LogP contribution in [-0.2, 0) is 9.59 Å². The maximum atomic E-state index is 12.8. The van der Waals surface area contributed by atoms with Crippen molar-refractivity contribution in [3.05, 3.63) is 28.7 Å². The number of amides is 2. The Morgan fingerprint density at radius 3 is 2.65 bits per heavy atom. The summed E-state index contributed by atoms with van der Waals surface area (Å²) in [5, 5.41) is 0. The molecule has 1 aromatic carbocycles. The molecule has 1 aromatic rings. The van der Waals surface area contributed by atoms with E-state index >= 15 is 0 Å². The summed E-state index contributed by atoms with van der Waals surface area (Å²) in [5.74, 6) is 0.105. The molecule has 2 unspecified atom stereocenters. The normalized spacial score (nSPS) is 26.7. The number of rotatable bonds is 1. The van der Waals surface area contributed by atoms with Crippen LogP contribution in [0.5, 0.6) is 0 Å². The maximum Gasteiger partial charge on any atom is 0.250 e. The molecule has 3 rings (SSSR count). The third kappa shape index (κ3) is 2.04. The number of fused-ring (bicyclic) bond motifs is 1. The number of hydrogen-bond donors (Lipinski definition) is 0. The van der Waals surface area contributed by atoms with Gasteiger partial charge in [-0.1, -0.05) is 12.1 Å². The molecule has 106 valence electrons. The van der Waals surface area contributed by atoms with E-state index in [0.29, 0.717) is 6.54 Å². The second-order valence-corrected chi connectivity index (χ2v) is 6.23. The highest BCUT2D eigenvalue weighted by Gasteiger charge is 2.45. The number of piperidine rings is 1. The van der Waals surface area contributed by atoms with Gasteiger partial charge in [0.25, 0.3) is 5.91 Å². The van der Waals surface area contributed by atoms with Gasteiger partial charge in [0.15, 0.2) is 0 Å². The van der Waals surface area contributed by atoms with Crippen molar-refractivity contribution in [3.63, 3.8) is 0 Å². The lowest BCUT2D eigenvalue weighted by atomic mass is 9.95. The van der Waals surface area contributed by atoms with E-state index in [2.05, 4.69) is 15.9 Å². The van der Waals surface area contributed by atoms with Gasteiger partial charge in [0, 0.05) is 11.0 Å². The molecule has 2 atom stereocenters. The Labute approximate surface area is 126 Å². The van der Waals surface area contributed by atoms with Gasteiger partial charge in [-0.2, -0.15) is 0 Å². The molecule has 2 fully saturated rings. The van der Waals surface area contributed by atoms with Crippen LogP contribution in [0.25, 0.3) is 0 Å². The predicted octanol–water partition coefficient (Wildman–Crippen LogP) is 2.57. The number of anilines is 1. The van der Waals surface area contributed by atoms with Gasteiger partial charge in [-0.25, -0.2) is 0 Å². The second kappa shape index (κ2) is 5.20. The van der Waals surface area contributed by atoms with Gasteiger partial charge in [-0.3, -0.25) is 14.5 Å². The quantitative estimate of drug-likeness (QED) is 0.790. The molecule has 0 spiro atoms. The molecule has 0 bridgehead atoms. The fraction of sp³-hybridized carbons (Fsp3) is 0.467. The zero-order chi connectivity index (χ0) is 14.3. The molecule has 0 radical (unpaired) electrons. The van der Waals surface area contributed by atoms with Gasteiger partial charge < -0.3 is 4.90 Å². The van der Waals surface area contributed by atoms with Crippen LogP contribution in [0.4, 0.5) is 5.69 Å². The first-order valence-corrected chi connectivity index (χ1v) is 7.78. The lowest BCUT2D eigenvalue weighted by Gasteiger charge is -2.46. The van der Waals surface area contributed by atoms with Gasteiger partial charge in [0.05, 0.1) is 5.69 Å². The number of para-hydroxylation sites is 1. The Kier molecular flexibility index (Phi) is 3.54. The third-order valence-corrected chi connectivity index (χ3v) is 4.84. The highest BCUT2D eigenvalue weighted by atomic mass is 79.9. The number of halogens is 1. The zero-order valence-corrected chi connectivity index (χ0v) is 13.0. The van der Waals surface area contributed by atoms with E-state index < -0.39 is 6.04 Å².